The summed E-state index contributed by atoms with van der Waals surface area (Å²) < 4.78 is 2.72. The van der Waals surface area contributed by atoms with Gasteiger partial charge in [0.15, 0.2) is 0 Å². The molecule has 1 N–H and O–H groups in total. The van der Waals surface area contributed by atoms with Crippen LogP contribution in [0.2, 0.25) is 0 Å². The number of hydrogen-bond acceptors (Lipinski definition) is 3. The fourth-order valence-corrected chi connectivity index (χ4v) is 3.27. The standard InChI is InChI=1S/C14H22BrN3O2/c1-16-5-3-12(4-6-16)18(7-8-19)14(20)13-9-11(15)10-17(13)2/h9-10,12,19H,3-8H2,1-2H3. The van der Waals surface area contributed by atoms with E-state index < -0.39 is 0 Å². The SMILES string of the molecule is CN1CCC(N(CCO)C(=O)c2cc(Br)cn2C)CC1. The molecule has 2 rings (SSSR count). The molecule has 6 heteroatoms. The van der Waals surface area contributed by atoms with Crippen LogP contribution in [-0.4, -0.2) is 64.7 Å². The minimum atomic E-state index is 0.00167. The summed E-state index contributed by atoms with van der Waals surface area (Å²) in [5, 5.41) is 9.27. The van der Waals surface area contributed by atoms with E-state index in [1.165, 1.54) is 0 Å². The van der Waals surface area contributed by atoms with Crippen LogP contribution in [0.1, 0.15) is 23.3 Å². The largest absolute Gasteiger partial charge is 0.395 e. The number of carbonyl (C=O) groups is 1. The van der Waals surface area contributed by atoms with Crippen molar-refractivity contribution >= 4 is 21.8 Å². The number of aromatic nitrogens is 1. The number of piperidine rings is 1. The van der Waals surface area contributed by atoms with E-state index in [-0.39, 0.29) is 18.6 Å². The zero-order valence-corrected chi connectivity index (χ0v) is 13.6. The predicted molar refractivity (Wildman–Crippen MR) is 81.8 cm³/mol. The minimum absolute atomic E-state index is 0.00167. The molecule has 0 atom stereocenters. The zero-order valence-electron chi connectivity index (χ0n) is 12.0. The van der Waals surface area contributed by atoms with Gasteiger partial charge in [0.25, 0.3) is 5.91 Å². The van der Waals surface area contributed by atoms with Crippen LogP contribution < -0.4 is 0 Å². The highest BCUT2D eigenvalue weighted by atomic mass is 79.9. The third-order valence-corrected chi connectivity index (χ3v) is 4.35. The molecule has 0 unspecified atom stereocenters. The van der Waals surface area contributed by atoms with Crippen LogP contribution in [0, 0.1) is 0 Å². The molecule has 2 heterocycles. The van der Waals surface area contributed by atoms with E-state index in [1.54, 1.807) is 0 Å². The van der Waals surface area contributed by atoms with Crippen LogP contribution >= 0.6 is 15.9 Å². The average molecular weight is 344 g/mol. The van der Waals surface area contributed by atoms with E-state index in [4.69, 9.17) is 0 Å². The van der Waals surface area contributed by atoms with Crippen molar-refractivity contribution in [3.8, 4) is 0 Å². The molecule has 1 aromatic rings. The Balaban J connectivity index is 2.15. The van der Waals surface area contributed by atoms with Crippen molar-refractivity contribution in [2.24, 2.45) is 7.05 Å². The Labute approximate surface area is 128 Å². The second-order valence-corrected chi connectivity index (χ2v) is 6.33. The monoisotopic (exact) mass is 343 g/mol. The van der Waals surface area contributed by atoms with Crippen molar-refractivity contribution in [3.05, 3.63) is 22.4 Å². The molecule has 112 valence electrons. The fourth-order valence-electron chi connectivity index (χ4n) is 2.75. The molecule has 1 amide bonds. The smallest absolute Gasteiger partial charge is 0.270 e. The van der Waals surface area contributed by atoms with Crippen LogP contribution in [0.3, 0.4) is 0 Å². The van der Waals surface area contributed by atoms with Gasteiger partial charge in [0.05, 0.1) is 6.61 Å². The Morgan fingerprint density at radius 1 is 1.45 bits per heavy atom. The van der Waals surface area contributed by atoms with E-state index in [0.29, 0.717) is 12.2 Å². The Hall–Kier alpha value is -0.850. The molecule has 0 aliphatic carbocycles. The molecule has 1 aliphatic heterocycles. The van der Waals surface area contributed by atoms with E-state index in [1.807, 2.05) is 28.8 Å². The predicted octanol–water partition coefficient (Wildman–Crippen LogP) is 1.32. The first kappa shape index (κ1) is 15.5. The molecular formula is C14H22BrN3O2. The fraction of sp³-hybridized carbons (Fsp3) is 0.643. The van der Waals surface area contributed by atoms with Gasteiger partial charge in [-0.3, -0.25) is 4.79 Å². The lowest BCUT2D eigenvalue weighted by Crippen LogP contribution is -2.48. The third-order valence-electron chi connectivity index (χ3n) is 3.92. The number of likely N-dealkylation sites (tertiary alicyclic amines) is 1. The van der Waals surface area contributed by atoms with Gasteiger partial charge in [-0.15, -0.1) is 0 Å². The van der Waals surface area contributed by atoms with Crippen molar-refractivity contribution in [3.63, 3.8) is 0 Å². The first-order valence-electron chi connectivity index (χ1n) is 6.95. The highest BCUT2D eigenvalue weighted by molar-refractivity contribution is 9.10. The summed E-state index contributed by atoms with van der Waals surface area (Å²) in [6.45, 7) is 2.40. The topological polar surface area (TPSA) is 48.7 Å². The lowest BCUT2D eigenvalue weighted by molar-refractivity contribution is 0.0531. The highest BCUT2D eigenvalue weighted by Crippen LogP contribution is 2.20. The van der Waals surface area contributed by atoms with Gasteiger partial charge in [-0.05, 0) is 55.0 Å². The maximum Gasteiger partial charge on any atom is 0.270 e. The molecule has 0 aromatic carbocycles. The van der Waals surface area contributed by atoms with Gasteiger partial charge in [0, 0.05) is 30.3 Å². The number of halogens is 1. The lowest BCUT2D eigenvalue weighted by atomic mass is 10.0. The third kappa shape index (κ3) is 3.42. The normalized spacial score (nSPS) is 17.4. The van der Waals surface area contributed by atoms with Crippen molar-refractivity contribution < 1.29 is 9.90 Å². The number of amides is 1. The molecule has 20 heavy (non-hydrogen) atoms. The number of carbonyl (C=O) groups excluding carboxylic acids is 1. The molecule has 1 saturated heterocycles. The maximum atomic E-state index is 12.7. The molecule has 1 aliphatic rings. The first-order valence-corrected chi connectivity index (χ1v) is 7.74. The van der Waals surface area contributed by atoms with Gasteiger partial charge < -0.3 is 19.5 Å². The molecule has 0 spiro atoms. The summed E-state index contributed by atoms with van der Waals surface area (Å²) >= 11 is 3.40. The number of aliphatic hydroxyl groups excluding tert-OH is 1. The number of aliphatic hydroxyl groups is 1. The van der Waals surface area contributed by atoms with Gasteiger partial charge in [0.1, 0.15) is 5.69 Å². The summed E-state index contributed by atoms with van der Waals surface area (Å²) in [7, 11) is 3.96. The first-order chi connectivity index (χ1) is 9.52. The summed E-state index contributed by atoms with van der Waals surface area (Å²) in [6, 6.07) is 2.06. The Morgan fingerprint density at radius 2 is 2.10 bits per heavy atom. The number of nitrogens with zero attached hydrogens (tertiary/aromatic N) is 3. The second kappa shape index (κ2) is 6.74. The van der Waals surface area contributed by atoms with Crippen molar-refractivity contribution in [1.29, 1.82) is 0 Å². The van der Waals surface area contributed by atoms with E-state index >= 15 is 0 Å². The van der Waals surface area contributed by atoms with Gasteiger partial charge in [-0.2, -0.15) is 0 Å². The molecule has 0 radical (unpaired) electrons. The van der Waals surface area contributed by atoms with Crippen LogP contribution in [-0.2, 0) is 7.05 Å². The molecule has 0 saturated carbocycles. The Morgan fingerprint density at radius 3 is 2.60 bits per heavy atom. The average Bonchev–Trinajstić information content (AvgIpc) is 2.75. The zero-order chi connectivity index (χ0) is 14.7. The molecule has 1 aromatic heterocycles. The highest BCUT2D eigenvalue weighted by Gasteiger charge is 2.28. The van der Waals surface area contributed by atoms with E-state index in [0.717, 1.165) is 30.4 Å². The van der Waals surface area contributed by atoms with Crippen molar-refractivity contribution in [1.82, 2.24) is 14.4 Å². The van der Waals surface area contributed by atoms with Crippen LogP contribution in [0.15, 0.2) is 16.7 Å². The summed E-state index contributed by atoms with van der Waals surface area (Å²) in [4.78, 5) is 16.8. The van der Waals surface area contributed by atoms with Crippen LogP contribution in [0.4, 0.5) is 0 Å². The quantitative estimate of drug-likeness (QED) is 0.896. The van der Waals surface area contributed by atoms with E-state index in [9.17, 15) is 9.90 Å². The number of rotatable bonds is 4. The van der Waals surface area contributed by atoms with E-state index in [2.05, 4.69) is 27.9 Å². The van der Waals surface area contributed by atoms with Gasteiger partial charge in [-0.1, -0.05) is 0 Å². The molecule has 5 nitrogen and oxygen atoms in total. The summed E-state index contributed by atoms with van der Waals surface area (Å²) in [5.41, 5.74) is 0.657. The Kier molecular flexibility index (Phi) is 5.23. The molecule has 0 bridgehead atoms. The lowest BCUT2D eigenvalue weighted by Gasteiger charge is -2.37. The number of aryl methyl sites for hydroxylation is 1. The molecule has 1 fully saturated rings. The second-order valence-electron chi connectivity index (χ2n) is 5.41. The summed E-state index contributed by atoms with van der Waals surface area (Å²) in [5.74, 6) is 0.00167. The minimum Gasteiger partial charge on any atom is -0.395 e. The maximum absolute atomic E-state index is 12.7. The van der Waals surface area contributed by atoms with Gasteiger partial charge in [-0.25, -0.2) is 0 Å². The number of hydrogen-bond donors (Lipinski definition) is 1. The summed E-state index contributed by atoms with van der Waals surface area (Å²) in [6.07, 6.45) is 3.81. The van der Waals surface area contributed by atoms with Gasteiger partial charge in [0.2, 0.25) is 0 Å². The Bertz CT molecular complexity index is 467. The van der Waals surface area contributed by atoms with Crippen LogP contribution in [0.25, 0.3) is 0 Å². The van der Waals surface area contributed by atoms with Crippen molar-refractivity contribution in [2.45, 2.75) is 18.9 Å². The molecular weight excluding hydrogens is 322 g/mol. The van der Waals surface area contributed by atoms with Crippen LogP contribution in [0.5, 0.6) is 0 Å². The van der Waals surface area contributed by atoms with Crippen molar-refractivity contribution in [2.75, 3.05) is 33.3 Å². The van der Waals surface area contributed by atoms with Gasteiger partial charge >= 0.3 is 0 Å².